The van der Waals surface area contributed by atoms with Gasteiger partial charge in [-0.05, 0) is 26.3 Å². The van der Waals surface area contributed by atoms with Crippen LogP contribution in [0.3, 0.4) is 0 Å². The third-order valence-electron chi connectivity index (χ3n) is 3.62. The molecule has 7 heteroatoms. The van der Waals surface area contributed by atoms with Crippen LogP contribution in [0.1, 0.15) is 31.7 Å². The van der Waals surface area contributed by atoms with E-state index in [4.69, 9.17) is 0 Å². The molecule has 1 aliphatic heterocycles. The lowest BCUT2D eigenvalue weighted by molar-refractivity contribution is -0.125. The zero-order valence-electron chi connectivity index (χ0n) is 11.8. The molecule has 0 unspecified atom stereocenters. The van der Waals surface area contributed by atoms with Crippen molar-refractivity contribution in [2.24, 2.45) is 0 Å². The van der Waals surface area contributed by atoms with Crippen molar-refractivity contribution in [1.29, 1.82) is 0 Å². The Morgan fingerprint density at radius 1 is 1.55 bits per heavy atom. The van der Waals surface area contributed by atoms with E-state index < -0.39 is 0 Å². The highest BCUT2D eigenvalue weighted by Crippen LogP contribution is 2.25. The number of nitrogens with zero attached hydrogens (tertiary/aromatic N) is 2. The predicted octanol–water partition coefficient (Wildman–Crippen LogP) is 1.30. The molecule has 1 aliphatic rings. The summed E-state index contributed by atoms with van der Waals surface area (Å²) in [7, 11) is 0. The van der Waals surface area contributed by atoms with Gasteiger partial charge in [0.15, 0.2) is 0 Å². The maximum Gasteiger partial charge on any atom is 0.324 e. The summed E-state index contributed by atoms with van der Waals surface area (Å²) in [6.07, 6.45) is 3.48. The van der Waals surface area contributed by atoms with Gasteiger partial charge in [0.1, 0.15) is 5.01 Å². The summed E-state index contributed by atoms with van der Waals surface area (Å²) in [6.45, 7) is 5.56. The molecule has 0 saturated carbocycles. The normalized spacial score (nSPS) is 18.2. The predicted molar refractivity (Wildman–Crippen MR) is 77.5 cm³/mol. The fourth-order valence-corrected chi connectivity index (χ4v) is 2.98. The van der Waals surface area contributed by atoms with E-state index in [1.165, 1.54) is 4.90 Å². The average molecular weight is 296 g/mol. The second-order valence-electron chi connectivity index (χ2n) is 5.01. The van der Waals surface area contributed by atoms with Gasteiger partial charge in [0.2, 0.25) is 5.91 Å². The first-order valence-corrected chi connectivity index (χ1v) is 7.68. The minimum atomic E-state index is -0.284. The number of carbonyl (C=O) groups excluding carboxylic acids is 2. The molecule has 110 valence electrons. The SMILES string of the molecule is CC[C@@](C)(NCCCN1C(=O)CNC1=O)c1nccs1. The number of thiazole rings is 1. The van der Waals surface area contributed by atoms with E-state index in [0.717, 1.165) is 24.4 Å². The lowest BCUT2D eigenvalue weighted by Gasteiger charge is -2.27. The Kier molecular flexibility index (Phi) is 4.72. The molecule has 1 atom stereocenters. The minimum absolute atomic E-state index is 0.123. The minimum Gasteiger partial charge on any atom is -0.329 e. The molecule has 0 aliphatic carbocycles. The molecule has 2 rings (SSSR count). The first-order valence-electron chi connectivity index (χ1n) is 6.80. The van der Waals surface area contributed by atoms with Crippen molar-refractivity contribution >= 4 is 23.3 Å². The fourth-order valence-electron chi connectivity index (χ4n) is 2.13. The molecule has 6 nitrogen and oxygen atoms in total. The van der Waals surface area contributed by atoms with E-state index in [0.29, 0.717) is 6.54 Å². The number of aromatic nitrogens is 1. The number of carbonyl (C=O) groups is 2. The Hall–Kier alpha value is -1.47. The molecule has 3 amide bonds. The van der Waals surface area contributed by atoms with Crippen molar-refractivity contribution < 1.29 is 9.59 Å². The summed E-state index contributed by atoms with van der Waals surface area (Å²) in [5.74, 6) is -0.145. The molecule has 0 aromatic carbocycles. The van der Waals surface area contributed by atoms with Gasteiger partial charge >= 0.3 is 6.03 Å². The van der Waals surface area contributed by atoms with Crippen LogP contribution in [0, 0.1) is 0 Å². The maximum absolute atomic E-state index is 11.4. The first kappa shape index (κ1) is 14.9. The molecular weight excluding hydrogens is 276 g/mol. The van der Waals surface area contributed by atoms with Crippen molar-refractivity contribution in [3.8, 4) is 0 Å². The van der Waals surface area contributed by atoms with E-state index in [9.17, 15) is 9.59 Å². The largest absolute Gasteiger partial charge is 0.329 e. The van der Waals surface area contributed by atoms with Crippen LogP contribution in [-0.2, 0) is 10.3 Å². The molecule has 1 saturated heterocycles. The van der Waals surface area contributed by atoms with Gasteiger partial charge in [-0.1, -0.05) is 6.92 Å². The van der Waals surface area contributed by atoms with E-state index >= 15 is 0 Å². The summed E-state index contributed by atoms with van der Waals surface area (Å²) in [5, 5.41) is 9.03. The van der Waals surface area contributed by atoms with Crippen LogP contribution in [-0.4, -0.2) is 41.5 Å². The quantitative estimate of drug-likeness (QED) is 0.587. The smallest absolute Gasteiger partial charge is 0.324 e. The average Bonchev–Trinajstić information content (AvgIpc) is 3.07. The third kappa shape index (κ3) is 3.16. The van der Waals surface area contributed by atoms with Crippen LogP contribution >= 0.6 is 11.3 Å². The molecule has 1 aromatic rings. The van der Waals surface area contributed by atoms with Gasteiger partial charge in [-0.2, -0.15) is 0 Å². The number of imide groups is 1. The Morgan fingerprint density at radius 3 is 2.90 bits per heavy atom. The number of urea groups is 1. The Morgan fingerprint density at radius 2 is 2.35 bits per heavy atom. The Bertz CT molecular complexity index is 461. The fraction of sp³-hybridized carbons (Fsp3) is 0.615. The molecule has 0 radical (unpaired) electrons. The maximum atomic E-state index is 11.4. The van der Waals surface area contributed by atoms with Crippen LogP contribution in [0.25, 0.3) is 0 Å². The Balaban J connectivity index is 1.80. The number of hydrogen-bond donors (Lipinski definition) is 2. The second-order valence-corrected chi connectivity index (χ2v) is 5.90. The number of rotatable bonds is 7. The Labute approximate surface area is 122 Å². The van der Waals surface area contributed by atoms with Gasteiger partial charge in [0.05, 0.1) is 12.1 Å². The molecule has 0 spiro atoms. The molecule has 2 N–H and O–H groups in total. The van der Waals surface area contributed by atoms with Crippen LogP contribution in [0.5, 0.6) is 0 Å². The molecule has 2 heterocycles. The van der Waals surface area contributed by atoms with Crippen LogP contribution in [0.15, 0.2) is 11.6 Å². The van der Waals surface area contributed by atoms with Gasteiger partial charge in [-0.3, -0.25) is 9.69 Å². The van der Waals surface area contributed by atoms with Crippen molar-refractivity contribution in [1.82, 2.24) is 20.5 Å². The van der Waals surface area contributed by atoms with Crippen LogP contribution < -0.4 is 10.6 Å². The molecular formula is C13H20N4O2S. The molecule has 1 fully saturated rings. The zero-order valence-corrected chi connectivity index (χ0v) is 12.6. The highest BCUT2D eigenvalue weighted by molar-refractivity contribution is 7.09. The summed E-state index contributed by atoms with van der Waals surface area (Å²) >= 11 is 1.64. The second kappa shape index (κ2) is 6.32. The lowest BCUT2D eigenvalue weighted by Crippen LogP contribution is -2.41. The van der Waals surface area contributed by atoms with Gasteiger partial charge in [-0.25, -0.2) is 9.78 Å². The number of hydrogen-bond acceptors (Lipinski definition) is 5. The monoisotopic (exact) mass is 296 g/mol. The van der Waals surface area contributed by atoms with E-state index in [2.05, 4.69) is 29.5 Å². The van der Waals surface area contributed by atoms with E-state index in [1.807, 2.05) is 11.6 Å². The lowest BCUT2D eigenvalue weighted by atomic mass is 10.00. The summed E-state index contributed by atoms with van der Waals surface area (Å²) in [4.78, 5) is 28.5. The van der Waals surface area contributed by atoms with Gasteiger partial charge in [0.25, 0.3) is 0 Å². The number of nitrogens with one attached hydrogen (secondary N) is 2. The number of amides is 3. The molecule has 0 bridgehead atoms. The van der Waals surface area contributed by atoms with Crippen molar-refractivity contribution in [3.05, 3.63) is 16.6 Å². The van der Waals surface area contributed by atoms with Crippen molar-refractivity contribution in [2.45, 2.75) is 32.2 Å². The topological polar surface area (TPSA) is 74.3 Å². The van der Waals surface area contributed by atoms with Crippen LogP contribution in [0.4, 0.5) is 4.79 Å². The summed E-state index contributed by atoms with van der Waals surface area (Å²) in [6, 6.07) is -0.284. The standard InChI is InChI=1S/C13H20N4O2S/c1-3-13(2,11-14-6-8-20-11)16-5-4-7-17-10(18)9-15-12(17)19/h6,8,16H,3-5,7,9H2,1-2H3,(H,15,19)/t13-/m1/s1. The van der Waals surface area contributed by atoms with Crippen molar-refractivity contribution in [3.63, 3.8) is 0 Å². The zero-order chi connectivity index (χ0) is 14.6. The highest BCUT2D eigenvalue weighted by atomic mass is 32.1. The van der Waals surface area contributed by atoms with Crippen LogP contribution in [0.2, 0.25) is 0 Å². The summed E-state index contributed by atoms with van der Waals surface area (Å²) < 4.78 is 0. The highest BCUT2D eigenvalue weighted by Gasteiger charge is 2.29. The van der Waals surface area contributed by atoms with Gasteiger partial charge in [0, 0.05) is 18.1 Å². The van der Waals surface area contributed by atoms with Gasteiger partial charge in [-0.15, -0.1) is 11.3 Å². The molecule has 20 heavy (non-hydrogen) atoms. The first-order chi connectivity index (χ1) is 9.57. The summed E-state index contributed by atoms with van der Waals surface area (Å²) in [5.41, 5.74) is -0.147. The third-order valence-corrected chi connectivity index (χ3v) is 4.66. The van der Waals surface area contributed by atoms with Crippen molar-refractivity contribution in [2.75, 3.05) is 19.6 Å². The van der Waals surface area contributed by atoms with Gasteiger partial charge < -0.3 is 10.6 Å². The van der Waals surface area contributed by atoms with E-state index in [1.54, 1.807) is 11.3 Å². The van der Waals surface area contributed by atoms with E-state index in [-0.39, 0.29) is 24.0 Å². The molecule has 1 aromatic heterocycles.